The van der Waals surface area contributed by atoms with Crippen LogP contribution in [-0.2, 0) is 4.79 Å². The lowest BCUT2D eigenvalue weighted by molar-refractivity contribution is -0.129. The third-order valence-electron chi connectivity index (χ3n) is 5.96. The number of allylic oxidation sites excluding steroid dienone is 1. The third-order valence-corrected chi connectivity index (χ3v) is 7.11. The number of aryl methyl sites for hydroxylation is 2. The molecule has 1 fully saturated rings. The van der Waals surface area contributed by atoms with E-state index in [0.29, 0.717) is 29.6 Å². The Morgan fingerprint density at radius 3 is 2.61 bits per heavy atom. The Bertz CT molecular complexity index is 1110. The van der Waals surface area contributed by atoms with Crippen LogP contribution in [0, 0.1) is 25.2 Å². The number of nitriles is 1. The van der Waals surface area contributed by atoms with E-state index in [1.54, 1.807) is 19.1 Å². The van der Waals surface area contributed by atoms with Crippen LogP contribution in [0.2, 0.25) is 0 Å². The summed E-state index contributed by atoms with van der Waals surface area (Å²) in [4.78, 5) is 17.1. The Morgan fingerprint density at radius 2 is 1.94 bits per heavy atom. The van der Waals surface area contributed by atoms with Gasteiger partial charge in [0.25, 0.3) is 0 Å². The number of benzene rings is 2. The fraction of sp³-hybridized carbons (Fsp3) is 0.333. The number of anilines is 1. The highest BCUT2D eigenvalue weighted by Gasteiger charge is 2.39. The molecule has 2 heterocycles. The second kappa shape index (κ2) is 8.56. The lowest BCUT2D eigenvalue weighted by atomic mass is 9.85. The molecule has 2 aromatic carbocycles. The van der Waals surface area contributed by atoms with E-state index in [2.05, 4.69) is 43.0 Å². The summed E-state index contributed by atoms with van der Waals surface area (Å²) < 4.78 is 11.0. The van der Waals surface area contributed by atoms with Crippen LogP contribution in [0.4, 0.5) is 5.69 Å². The van der Waals surface area contributed by atoms with E-state index in [-0.39, 0.29) is 18.2 Å². The molecule has 0 aromatic heterocycles. The van der Waals surface area contributed by atoms with E-state index < -0.39 is 0 Å². The van der Waals surface area contributed by atoms with Crippen molar-refractivity contribution in [2.75, 3.05) is 31.7 Å². The fourth-order valence-corrected chi connectivity index (χ4v) is 5.27. The molecule has 0 spiro atoms. The van der Waals surface area contributed by atoms with Gasteiger partial charge in [-0.1, -0.05) is 30.0 Å². The number of hydrogen-bond donors (Lipinski definition) is 0. The molecule has 31 heavy (non-hydrogen) atoms. The molecule has 0 aliphatic carbocycles. The van der Waals surface area contributed by atoms with Gasteiger partial charge in [-0.15, -0.1) is 0 Å². The molecular formula is C24H25N3O3S. The first-order valence-electron chi connectivity index (χ1n) is 10.1. The van der Waals surface area contributed by atoms with Crippen LogP contribution in [0.15, 0.2) is 47.0 Å². The topological polar surface area (TPSA) is 65.8 Å². The number of amides is 1. The van der Waals surface area contributed by atoms with Gasteiger partial charge < -0.3 is 14.4 Å². The first kappa shape index (κ1) is 21.1. The molecule has 2 aliphatic rings. The first-order chi connectivity index (χ1) is 15.0. The lowest BCUT2D eigenvalue weighted by Gasteiger charge is -2.42. The van der Waals surface area contributed by atoms with Crippen molar-refractivity contribution in [2.45, 2.75) is 26.2 Å². The Kier molecular flexibility index (Phi) is 5.84. The van der Waals surface area contributed by atoms with Gasteiger partial charge in [0.2, 0.25) is 5.91 Å². The molecule has 1 unspecified atom stereocenters. The highest BCUT2D eigenvalue weighted by molar-refractivity contribution is 8.03. The molecule has 6 nitrogen and oxygen atoms in total. The number of rotatable bonds is 4. The van der Waals surface area contributed by atoms with Crippen LogP contribution in [0.25, 0.3) is 0 Å². The molecule has 1 atom stereocenters. The van der Waals surface area contributed by atoms with E-state index >= 15 is 0 Å². The summed E-state index contributed by atoms with van der Waals surface area (Å²) in [7, 11) is 3.16. The van der Waals surface area contributed by atoms with E-state index in [4.69, 9.17) is 9.47 Å². The molecule has 0 radical (unpaired) electrons. The number of hydrogen-bond acceptors (Lipinski definition) is 6. The number of para-hydroxylation sites is 1. The summed E-state index contributed by atoms with van der Waals surface area (Å²) in [5.74, 6) is 1.49. The highest BCUT2D eigenvalue weighted by atomic mass is 32.2. The maximum atomic E-state index is 13.2. The molecule has 160 valence electrons. The Balaban J connectivity index is 1.70. The van der Waals surface area contributed by atoms with E-state index in [0.717, 1.165) is 16.3 Å². The minimum atomic E-state index is -0.352. The second-order valence-corrected chi connectivity index (χ2v) is 8.65. The van der Waals surface area contributed by atoms with Crippen molar-refractivity contribution in [1.82, 2.24) is 4.90 Å². The van der Waals surface area contributed by atoms with Gasteiger partial charge in [-0.3, -0.25) is 9.69 Å². The van der Waals surface area contributed by atoms with Gasteiger partial charge in [-0.25, -0.2) is 0 Å². The van der Waals surface area contributed by atoms with Gasteiger partial charge in [-0.05, 0) is 43.2 Å². The van der Waals surface area contributed by atoms with E-state index in [1.165, 1.54) is 22.9 Å². The summed E-state index contributed by atoms with van der Waals surface area (Å²) in [6.45, 7) is 4.62. The van der Waals surface area contributed by atoms with Crippen LogP contribution in [-0.4, -0.2) is 37.6 Å². The molecule has 7 heteroatoms. The molecule has 0 N–H and O–H groups in total. The number of nitrogens with zero attached hydrogens (tertiary/aromatic N) is 3. The number of methoxy groups -OCH3 is 2. The van der Waals surface area contributed by atoms with Crippen molar-refractivity contribution in [3.8, 4) is 17.6 Å². The van der Waals surface area contributed by atoms with Crippen LogP contribution in [0.5, 0.6) is 11.5 Å². The Hall–Kier alpha value is -3.11. The SMILES string of the molecule is COc1cccc(C2CC(=O)N3CN(c4ccc(C)c(C)c4)CSC3=C2C#N)c1OC. The number of carbonyl (C=O) groups excluding carboxylic acids is 1. The van der Waals surface area contributed by atoms with Crippen LogP contribution >= 0.6 is 11.8 Å². The average Bonchev–Trinajstić information content (AvgIpc) is 2.80. The van der Waals surface area contributed by atoms with E-state index in [1.807, 2.05) is 18.2 Å². The summed E-state index contributed by atoms with van der Waals surface area (Å²) in [5.41, 5.74) is 4.95. The number of carbonyl (C=O) groups is 1. The van der Waals surface area contributed by atoms with Crippen LogP contribution < -0.4 is 14.4 Å². The van der Waals surface area contributed by atoms with Crippen molar-refractivity contribution in [2.24, 2.45) is 0 Å². The van der Waals surface area contributed by atoms with Crippen molar-refractivity contribution in [3.05, 3.63) is 63.7 Å². The van der Waals surface area contributed by atoms with Gasteiger partial charge in [0.15, 0.2) is 11.5 Å². The van der Waals surface area contributed by atoms with E-state index in [9.17, 15) is 10.1 Å². The molecule has 4 rings (SSSR count). The third kappa shape index (κ3) is 3.72. The smallest absolute Gasteiger partial charge is 0.229 e. The van der Waals surface area contributed by atoms with Crippen LogP contribution in [0.3, 0.4) is 0 Å². The van der Waals surface area contributed by atoms with Crippen molar-refractivity contribution >= 4 is 23.4 Å². The lowest BCUT2D eigenvalue weighted by Crippen LogP contribution is -2.47. The normalized spacial score (nSPS) is 18.5. The summed E-state index contributed by atoms with van der Waals surface area (Å²) in [5, 5.41) is 10.8. The molecular weight excluding hydrogens is 410 g/mol. The van der Waals surface area contributed by atoms with Crippen molar-refractivity contribution in [3.63, 3.8) is 0 Å². The minimum Gasteiger partial charge on any atom is -0.493 e. The zero-order valence-electron chi connectivity index (χ0n) is 18.1. The maximum Gasteiger partial charge on any atom is 0.229 e. The molecule has 0 bridgehead atoms. The average molecular weight is 436 g/mol. The van der Waals surface area contributed by atoms with Gasteiger partial charge in [-0.2, -0.15) is 5.26 Å². The molecule has 1 saturated heterocycles. The molecule has 0 saturated carbocycles. The zero-order chi connectivity index (χ0) is 22.1. The fourth-order valence-electron chi connectivity index (χ4n) is 4.10. The Labute approximate surface area is 187 Å². The first-order valence-corrected chi connectivity index (χ1v) is 11.1. The van der Waals surface area contributed by atoms with Gasteiger partial charge in [0.05, 0.1) is 43.4 Å². The second-order valence-electron chi connectivity index (χ2n) is 7.72. The summed E-state index contributed by atoms with van der Waals surface area (Å²) in [6, 6.07) is 14.3. The number of fused-ring (bicyclic) bond motifs is 1. The maximum absolute atomic E-state index is 13.2. The predicted molar refractivity (Wildman–Crippen MR) is 122 cm³/mol. The largest absolute Gasteiger partial charge is 0.493 e. The van der Waals surface area contributed by atoms with Gasteiger partial charge in [0.1, 0.15) is 0 Å². The summed E-state index contributed by atoms with van der Waals surface area (Å²) >= 11 is 1.53. The predicted octanol–water partition coefficient (Wildman–Crippen LogP) is 4.54. The monoisotopic (exact) mass is 435 g/mol. The van der Waals surface area contributed by atoms with Gasteiger partial charge >= 0.3 is 0 Å². The molecule has 2 aromatic rings. The number of thioether (sulfide) groups is 1. The van der Waals surface area contributed by atoms with Gasteiger partial charge in [0, 0.05) is 23.6 Å². The van der Waals surface area contributed by atoms with Crippen LogP contribution in [0.1, 0.15) is 29.0 Å². The molecule has 1 amide bonds. The summed E-state index contributed by atoms with van der Waals surface area (Å²) in [6.07, 6.45) is 0.219. The van der Waals surface area contributed by atoms with Crippen molar-refractivity contribution < 1.29 is 14.3 Å². The quantitative estimate of drug-likeness (QED) is 0.703. The molecule has 2 aliphatic heterocycles. The zero-order valence-corrected chi connectivity index (χ0v) is 19.0. The number of ether oxygens (including phenoxy) is 2. The highest BCUT2D eigenvalue weighted by Crippen LogP contribution is 2.47. The standard InChI is InChI=1S/C24H25N3O3S/c1-15-8-9-17(10-16(15)2)26-13-27-22(28)11-19(20(12-25)24(27)31-14-26)18-6-5-7-21(29-3)23(18)30-4/h5-10,19H,11,13-14H2,1-4H3. The minimum absolute atomic E-state index is 0.00454. The van der Waals surface area contributed by atoms with Crippen molar-refractivity contribution in [1.29, 1.82) is 5.26 Å². The Morgan fingerprint density at radius 1 is 1.13 bits per heavy atom.